The molecule has 1 rings (SSSR count). The summed E-state index contributed by atoms with van der Waals surface area (Å²) in [5.41, 5.74) is 1.81. The summed E-state index contributed by atoms with van der Waals surface area (Å²) in [7, 11) is 5.75. The Morgan fingerprint density at radius 3 is 2.67 bits per heavy atom. The van der Waals surface area contributed by atoms with Gasteiger partial charge in [0.15, 0.2) is 0 Å². The van der Waals surface area contributed by atoms with Crippen LogP contribution in [0.2, 0.25) is 0 Å². The second kappa shape index (κ2) is 6.75. The molecule has 2 N–H and O–H groups in total. The number of nitrogens with zero attached hydrogens (tertiary/aromatic N) is 1. The Kier molecular flexibility index (Phi) is 5.62. The summed E-state index contributed by atoms with van der Waals surface area (Å²) in [5.74, 6) is -0.0467. The zero-order chi connectivity index (χ0) is 13.7. The highest BCUT2D eigenvalue weighted by Gasteiger charge is 2.14. The molecule has 0 aromatic heterocycles. The number of nitrogens with one attached hydrogen (secondary N) is 2. The molecule has 18 heavy (non-hydrogen) atoms. The van der Waals surface area contributed by atoms with Crippen LogP contribution in [0.4, 0.5) is 11.4 Å². The molecule has 1 unspecified atom stereocenters. The molecule has 0 saturated heterocycles. The van der Waals surface area contributed by atoms with Gasteiger partial charge in [-0.15, -0.1) is 0 Å². The molecule has 1 amide bonds. The SMILES string of the molecule is CNCC(C)C(=O)Nc1cc(Br)ccc1N(C)C. The maximum atomic E-state index is 12.0. The fourth-order valence-corrected chi connectivity index (χ4v) is 2.01. The van der Waals surface area contributed by atoms with Gasteiger partial charge in [0.1, 0.15) is 0 Å². The highest BCUT2D eigenvalue weighted by Crippen LogP contribution is 2.28. The minimum Gasteiger partial charge on any atom is -0.376 e. The van der Waals surface area contributed by atoms with Gasteiger partial charge >= 0.3 is 0 Å². The average Bonchev–Trinajstić information content (AvgIpc) is 2.28. The third-order valence-corrected chi connectivity index (χ3v) is 3.15. The number of halogens is 1. The highest BCUT2D eigenvalue weighted by atomic mass is 79.9. The Morgan fingerprint density at radius 1 is 1.44 bits per heavy atom. The smallest absolute Gasteiger partial charge is 0.228 e. The fourth-order valence-electron chi connectivity index (χ4n) is 1.65. The van der Waals surface area contributed by atoms with E-state index in [1.165, 1.54) is 0 Å². The lowest BCUT2D eigenvalue weighted by Crippen LogP contribution is -2.29. The summed E-state index contributed by atoms with van der Waals surface area (Å²) < 4.78 is 0.949. The maximum Gasteiger partial charge on any atom is 0.228 e. The molecule has 1 atom stereocenters. The monoisotopic (exact) mass is 313 g/mol. The molecule has 0 heterocycles. The summed E-state index contributed by atoms with van der Waals surface area (Å²) >= 11 is 3.42. The molecule has 0 spiro atoms. The first-order chi connectivity index (χ1) is 8.45. The Hall–Kier alpha value is -1.07. The van der Waals surface area contributed by atoms with Crippen molar-refractivity contribution in [3.05, 3.63) is 22.7 Å². The number of benzene rings is 1. The fraction of sp³-hybridized carbons (Fsp3) is 0.462. The number of rotatable bonds is 5. The predicted molar refractivity (Wildman–Crippen MR) is 80.2 cm³/mol. The van der Waals surface area contributed by atoms with E-state index in [1.54, 1.807) is 0 Å². The molecule has 0 aliphatic rings. The van der Waals surface area contributed by atoms with Crippen LogP contribution in [0.15, 0.2) is 22.7 Å². The second-order valence-electron chi connectivity index (χ2n) is 4.50. The third kappa shape index (κ3) is 3.99. The summed E-state index contributed by atoms with van der Waals surface area (Å²) in [6.07, 6.45) is 0. The van der Waals surface area contributed by atoms with Crippen molar-refractivity contribution in [3.63, 3.8) is 0 Å². The first-order valence-electron chi connectivity index (χ1n) is 5.88. The zero-order valence-corrected chi connectivity index (χ0v) is 12.8. The molecule has 100 valence electrons. The van der Waals surface area contributed by atoms with Crippen molar-refractivity contribution in [3.8, 4) is 0 Å². The van der Waals surface area contributed by atoms with E-state index in [-0.39, 0.29) is 11.8 Å². The van der Waals surface area contributed by atoms with Crippen LogP contribution in [0.25, 0.3) is 0 Å². The maximum absolute atomic E-state index is 12.0. The number of carbonyl (C=O) groups is 1. The molecule has 0 fully saturated rings. The Balaban J connectivity index is 2.89. The molecular formula is C13H20BrN3O. The van der Waals surface area contributed by atoms with Crippen molar-refractivity contribution in [2.24, 2.45) is 5.92 Å². The molecule has 0 aliphatic carbocycles. The Bertz CT molecular complexity index is 421. The van der Waals surface area contributed by atoms with Crippen LogP contribution < -0.4 is 15.5 Å². The van der Waals surface area contributed by atoms with E-state index in [9.17, 15) is 4.79 Å². The summed E-state index contributed by atoms with van der Waals surface area (Å²) in [6.45, 7) is 2.57. The summed E-state index contributed by atoms with van der Waals surface area (Å²) in [4.78, 5) is 14.0. The molecule has 1 aromatic carbocycles. The largest absolute Gasteiger partial charge is 0.376 e. The van der Waals surface area contributed by atoms with Gasteiger partial charge in [0.05, 0.1) is 11.4 Å². The van der Waals surface area contributed by atoms with Crippen molar-refractivity contribution in [1.82, 2.24) is 5.32 Å². The van der Waals surface area contributed by atoms with Gasteiger partial charge in [0, 0.05) is 31.0 Å². The van der Waals surface area contributed by atoms with Gasteiger partial charge in [-0.25, -0.2) is 0 Å². The number of hydrogen-bond acceptors (Lipinski definition) is 3. The molecule has 1 aromatic rings. The van der Waals surface area contributed by atoms with Crippen LogP contribution in [0.5, 0.6) is 0 Å². The number of hydrogen-bond donors (Lipinski definition) is 2. The van der Waals surface area contributed by atoms with Crippen LogP contribution in [-0.2, 0) is 4.79 Å². The lowest BCUT2D eigenvalue weighted by Gasteiger charge is -2.19. The van der Waals surface area contributed by atoms with E-state index < -0.39 is 0 Å². The van der Waals surface area contributed by atoms with E-state index >= 15 is 0 Å². The Labute approximate surface area is 117 Å². The van der Waals surface area contributed by atoms with Gasteiger partial charge in [-0.1, -0.05) is 22.9 Å². The number of amides is 1. The topological polar surface area (TPSA) is 44.4 Å². The number of anilines is 2. The highest BCUT2D eigenvalue weighted by molar-refractivity contribution is 9.10. The molecule has 0 saturated carbocycles. The van der Waals surface area contributed by atoms with Crippen LogP contribution in [0.1, 0.15) is 6.92 Å². The minimum absolute atomic E-state index is 0.0190. The van der Waals surface area contributed by atoms with E-state index in [0.717, 1.165) is 15.8 Å². The van der Waals surface area contributed by atoms with Crippen LogP contribution in [0.3, 0.4) is 0 Å². The van der Waals surface area contributed by atoms with Crippen molar-refractivity contribution in [2.45, 2.75) is 6.92 Å². The van der Waals surface area contributed by atoms with Crippen LogP contribution >= 0.6 is 15.9 Å². The first-order valence-corrected chi connectivity index (χ1v) is 6.67. The van der Waals surface area contributed by atoms with Gasteiger partial charge in [0.25, 0.3) is 0 Å². The van der Waals surface area contributed by atoms with Crippen molar-refractivity contribution in [2.75, 3.05) is 37.9 Å². The molecular weight excluding hydrogens is 294 g/mol. The lowest BCUT2D eigenvalue weighted by atomic mass is 10.1. The van der Waals surface area contributed by atoms with Gasteiger partial charge in [-0.05, 0) is 25.2 Å². The third-order valence-electron chi connectivity index (χ3n) is 2.66. The van der Waals surface area contributed by atoms with Gasteiger partial charge in [-0.2, -0.15) is 0 Å². The minimum atomic E-state index is -0.0657. The molecule has 4 nitrogen and oxygen atoms in total. The summed E-state index contributed by atoms with van der Waals surface area (Å²) in [5, 5.41) is 5.97. The second-order valence-corrected chi connectivity index (χ2v) is 5.42. The molecule has 5 heteroatoms. The van der Waals surface area contributed by atoms with Gasteiger partial charge in [0.2, 0.25) is 5.91 Å². The normalized spacial score (nSPS) is 12.1. The first kappa shape index (κ1) is 15.0. The van der Waals surface area contributed by atoms with Gasteiger partial charge in [-0.3, -0.25) is 4.79 Å². The molecule has 0 aliphatic heterocycles. The van der Waals surface area contributed by atoms with Crippen LogP contribution in [0, 0.1) is 5.92 Å². The van der Waals surface area contributed by atoms with Crippen LogP contribution in [-0.4, -0.2) is 33.6 Å². The van der Waals surface area contributed by atoms with E-state index in [4.69, 9.17) is 0 Å². The lowest BCUT2D eigenvalue weighted by molar-refractivity contribution is -0.119. The van der Waals surface area contributed by atoms with Crippen molar-refractivity contribution in [1.29, 1.82) is 0 Å². The Morgan fingerprint density at radius 2 is 2.11 bits per heavy atom. The molecule has 0 bridgehead atoms. The summed E-state index contributed by atoms with van der Waals surface area (Å²) in [6, 6.07) is 5.85. The van der Waals surface area contributed by atoms with E-state index in [1.807, 2.05) is 51.2 Å². The predicted octanol–water partition coefficient (Wildman–Crippen LogP) is 2.31. The van der Waals surface area contributed by atoms with Crippen molar-refractivity contribution >= 4 is 33.2 Å². The standard InChI is InChI=1S/C13H20BrN3O/c1-9(8-15-2)13(18)16-11-7-10(14)5-6-12(11)17(3)4/h5-7,9,15H,8H2,1-4H3,(H,16,18). The molecule has 0 radical (unpaired) electrons. The zero-order valence-electron chi connectivity index (χ0n) is 11.2. The van der Waals surface area contributed by atoms with E-state index in [0.29, 0.717) is 6.54 Å². The van der Waals surface area contributed by atoms with Gasteiger partial charge < -0.3 is 15.5 Å². The number of carbonyl (C=O) groups excluding carboxylic acids is 1. The quantitative estimate of drug-likeness (QED) is 0.876. The van der Waals surface area contributed by atoms with E-state index in [2.05, 4.69) is 26.6 Å². The average molecular weight is 314 g/mol. The van der Waals surface area contributed by atoms with Crippen molar-refractivity contribution < 1.29 is 4.79 Å².